The summed E-state index contributed by atoms with van der Waals surface area (Å²) in [6.45, 7) is 6.39. The molecular weight excluding hydrogens is 937 g/mol. The van der Waals surface area contributed by atoms with Crippen LogP contribution in [0.3, 0.4) is 0 Å². The van der Waals surface area contributed by atoms with Gasteiger partial charge in [0.15, 0.2) is 6.10 Å². The van der Waals surface area contributed by atoms with Gasteiger partial charge in [-0.25, -0.2) is 0 Å². The second-order valence-corrected chi connectivity index (χ2v) is 20.5. The third kappa shape index (κ3) is 60.7. The van der Waals surface area contributed by atoms with Gasteiger partial charge in [-0.15, -0.1) is 0 Å². The molecule has 0 bridgehead atoms. The van der Waals surface area contributed by atoms with Gasteiger partial charge in [0.25, 0.3) is 0 Å². The van der Waals surface area contributed by atoms with Gasteiger partial charge in [-0.1, -0.05) is 258 Å². The first-order chi connectivity index (χ1) is 37.5. The molecule has 0 saturated carbocycles. The number of carbonyl (C=O) groups is 3. The van der Waals surface area contributed by atoms with Crippen molar-refractivity contribution in [1.82, 2.24) is 0 Å². The van der Waals surface area contributed by atoms with Crippen LogP contribution >= 0.6 is 0 Å². The lowest BCUT2D eigenvalue weighted by atomic mass is 10.1. The Morgan fingerprint density at radius 2 is 0.513 bits per heavy atom. The molecule has 0 rings (SSSR count). The van der Waals surface area contributed by atoms with Crippen LogP contribution in [0.2, 0.25) is 0 Å². The first-order valence-corrected chi connectivity index (χ1v) is 31.5. The summed E-state index contributed by atoms with van der Waals surface area (Å²) >= 11 is 0. The number of hydrogen-bond acceptors (Lipinski definition) is 6. The highest BCUT2D eigenvalue weighted by Gasteiger charge is 2.19. The minimum Gasteiger partial charge on any atom is -0.462 e. The molecule has 0 radical (unpaired) electrons. The highest BCUT2D eigenvalue weighted by Crippen LogP contribution is 2.15. The number of ether oxygens (including phenoxy) is 3. The van der Waals surface area contributed by atoms with Crippen LogP contribution in [0.5, 0.6) is 0 Å². The molecule has 1 atom stereocenters. The fraction of sp³-hybridized carbons (Fsp3) is 0.671. The molecule has 1 unspecified atom stereocenters. The Kier molecular flexibility index (Phi) is 59.9. The maximum atomic E-state index is 12.9. The Bertz CT molecular complexity index is 1590. The minimum atomic E-state index is -0.797. The predicted octanol–water partition coefficient (Wildman–Crippen LogP) is 21.6. The second kappa shape index (κ2) is 63.3. The van der Waals surface area contributed by atoms with Crippen molar-refractivity contribution in [2.24, 2.45) is 0 Å². The zero-order chi connectivity index (χ0) is 55.0. The molecule has 0 aliphatic rings. The number of hydrogen-bond donors (Lipinski definition) is 0. The summed E-state index contributed by atoms with van der Waals surface area (Å²) in [7, 11) is 0. The molecule has 0 amide bonds. The molecule has 0 aromatic rings. The monoisotopic (exact) mass is 1050 g/mol. The first kappa shape index (κ1) is 71.8. The van der Waals surface area contributed by atoms with Crippen molar-refractivity contribution in [2.75, 3.05) is 13.2 Å². The zero-order valence-electron chi connectivity index (χ0n) is 49.5. The van der Waals surface area contributed by atoms with E-state index in [1.54, 1.807) is 0 Å². The van der Waals surface area contributed by atoms with Gasteiger partial charge in [0, 0.05) is 19.3 Å². The lowest BCUT2D eigenvalue weighted by molar-refractivity contribution is -0.167. The van der Waals surface area contributed by atoms with Gasteiger partial charge in [0.05, 0.1) is 0 Å². The summed E-state index contributed by atoms with van der Waals surface area (Å²) in [4.78, 5) is 38.3. The molecule has 0 fully saturated rings. The Morgan fingerprint density at radius 3 is 0.803 bits per heavy atom. The summed E-state index contributed by atoms with van der Waals surface area (Å²) in [5.41, 5.74) is 0. The van der Waals surface area contributed by atoms with Crippen LogP contribution in [0.1, 0.15) is 284 Å². The maximum absolute atomic E-state index is 12.9. The molecule has 0 aromatic heterocycles. The first-order valence-electron chi connectivity index (χ1n) is 31.5. The lowest BCUT2D eigenvalue weighted by Crippen LogP contribution is -2.30. The van der Waals surface area contributed by atoms with E-state index in [-0.39, 0.29) is 31.1 Å². The van der Waals surface area contributed by atoms with E-state index in [0.717, 1.165) is 148 Å². The Labute approximate surface area is 469 Å². The third-order valence-electron chi connectivity index (χ3n) is 13.2. The van der Waals surface area contributed by atoms with Crippen LogP contribution in [0.15, 0.2) is 122 Å². The predicted molar refractivity (Wildman–Crippen MR) is 330 cm³/mol. The number of esters is 3. The Morgan fingerprint density at radius 1 is 0.276 bits per heavy atom. The minimum absolute atomic E-state index is 0.0924. The molecule has 0 aromatic carbocycles. The second-order valence-electron chi connectivity index (χ2n) is 20.5. The van der Waals surface area contributed by atoms with Gasteiger partial charge in [0.1, 0.15) is 13.2 Å². The number of rotatable bonds is 56. The van der Waals surface area contributed by atoms with Gasteiger partial charge in [-0.05, 0) is 128 Å². The molecule has 0 N–H and O–H groups in total. The summed E-state index contributed by atoms with van der Waals surface area (Å²) in [6, 6.07) is 0. The number of unbranched alkanes of at least 4 members (excludes halogenated alkanes) is 25. The van der Waals surface area contributed by atoms with Crippen LogP contribution < -0.4 is 0 Å². The Hall–Kier alpha value is -4.19. The highest BCUT2D eigenvalue weighted by atomic mass is 16.6. The van der Waals surface area contributed by atoms with E-state index < -0.39 is 6.10 Å². The largest absolute Gasteiger partial charge is 0.462 e. The topological polar surface area (TPSA) is 78.9 Å². The average Bonchev–Trinajstić information content (AvgIpc) is 3.42. The number of carbonyl (C=O) groups excluding carboxylic acids is 3. The van der Waals surface area contributed by atoms with E-state index >= 15 is 0 Å². The van der Waals surface area contributed by atoms with Crippen molar-refractivity contribution in [3.05, 3.63) is 122 Å². The molecule has 0 spiro atoms. The molecule has 0 saturated heterocycles. The van der Waals surface area contributed by atoms with Gasteiger partial charge in [-0.2, -0.15) is 0 Å². The summed E-state index contributed by atoms with van der Waals surface area (Å²) in [5.74, 6) is -0.917. The molecule has 0 heterocycles. The van der Waals surface area contributed by atoms with Crippen LogP contribution in [-0.4, -0.2) is 37.2 Å². The van der Waals surface area contributed by atoms with Gasteiger partial charge in [0.2, 0.25) is 0 Å². The van der Waals surface area contributed by atoms with Crippen molar-refractivity contribution in [1.29, 1.82) is 0 Å². The van der Waals surface area contributed by atoms with Gasteiger partial charge < -0.3 is 14.2 Å². The average molecular weight is 1050 g/mol. The van der Waals surface area contributed by atoms with E-state index in [1.807, 2.05) is 0 Å². The quantitative estimate of drug-likeness (QED) is 0.0261. The lowest BCUT2D eigenvalue weighted by Gasteiger charge is -2.18. The fourth-order valence-corrected chi connectivity index (χ4v) is 8.51. The Balaban J connectivity index is 4.44. The van der Waals surface area contributed by atoms with Crippen LogP contribution in [0, 0.1) is 0 Å². The molecule has 432 valence electrons. The standard InChI is InChI=1S/C70H116O6/c1-4-7-10-13-16-19-22-25-28-31-33-35-37-39-42-45-48-51-54-57-60-63-69(72)75-66-67(65-74-68(71)62-59-56-53-50-47-44-41-30-27-24-21-18-15-12-9-6-3)76-70(73)64-61-58-55-52-49-46-43-40-38-36-34-32-29-26-23-20-17-14-11-8-5-2/h7-8,10-11,16-17,19-21,24-26,28-30,33-36,41,67H,4-6,9,12-15,18,22-23,27,31-32,37-40,42-66H2,1-3H3/b10-7-,11-8-,19-16-,20-17-,24-21-,28-25-,29-26-,35-33-,36-34-,41-30-. The summed E-state index contributed by atoms with van der Waals surface area (Å²) in [6.07, 6.45) is 87.6. The third-order valence-corrected chi connectivity index (χ3v) is 13.2. The SMILES string of the molecule is CC/C=C\C/C=C\C/C=C\C/C=C\CCCCCCCCCCC(=O)OCC(COC(=O)CCCCCCC/C=C\C/C=C\CCCCCC)OC(=O)CCCCCCCCCC/C=C\C/C=C\C/C=C\C/C=C\CC. The van der Waals surface area contributed by atoms with E-state index in [4.69, 9.17) is 14.2 Å². The molecular formula is C70H116O6. The highest BCUT2D eigenvalue weighted by molar-refractivity contribution is 5.71. The van der Waals surface area contributed by atoms with Crippen LogP contribution in [0.4, 0.5) is 0 Å². The van der Waals surface area contributed by atoms with Gasteiger partial charge >= 0.3 is 17.9 Å². The molecule has 76 heavy (non-hydrogen) atoms. The molecule has 6 nitrogen and oxygen atoms in total. The molecule has 0 aliphatic heterocycles. The molecule has 6 heteroatoms. The van der Waals surface area contributed by atoms with Crippen molar-refractivity contribution >= 4 is 17.9 Å². The smallest absolute Gasteiger partial charge is 0.306 e. The van der Waals surface area contributed by atoms with Crippen LogP contribution in [-0.2, 0) is 28.6 Å². The zero-order valence-corrected chi connectivity index (χ0v) is 49.5. The van der Waals surface area contributed by atoms with Gasteiger partial charge in [-0.3, -0.25) is 14.4 Å². The van der Waals surface area contributed by atoms with Crippen molar-refractivity contribution in [2.45, 2.75) is 290 Å². The van der Waals surface area contributed by atoms with Crippen molar-refractivity contribution in [3.63, 3.8) is 0 Å². The normalized spacial score (nSPS) is 12.9. The number of allylic oxidation sites excluding steroid dienone is 20. The van der Waals surface area contributed by atoms with Crippen molar-refractivity contribution < 1.29 is 28.6 Å². The van der Waals surface area contributed by atoms with Crippen molar-refractivity contribution in [3.8, 4) is 0 Å². The summed E-state index contributed by atoms with van der Waals surface area (Å²) < 4.78 is 16.9. The van der Waals surface area contributed by atoms with E-state index in [0.29, 0.717) is 19.3 Å². The van der Waals surface area contributed by atoms with E-state index in [9.17, 15) is 14.4 Å². The van der Waals surface area contributed by atoms with E-state index in [1.165, 1.54) is 96.3 Å². The molecule has 0 aliphatic carbocycles. The van der Waals surface area contributed by atoms with Crippen LogP contribution in [0.25, 0.3) is 0 Å². The summed E-state index contributed by atoms with van der Waals surface area (Å²) in [5, 5.41) is 0. The van der Waals surface area contributed by atoms with E-state index in [2.05, 4.69) is 142 Å². The maximum Gasteiger partial charge on any atom is 0.306 e. The fourth-order valence-electron chi connectivity index (χ4n) is 8.51.